The molecule has 0 fully saturated rings. The fourth-order valence-electron chi connectivity index (χ4n) is 2.98. The van der Waals surface area contributed by atoms with Gasteiger partial charge in [-0.15, -0.1) is 0 Å². The van der Waals surface area contributed by atoms with Crippen molar-refractivity contribution in [2.45, 2.75) is 18.3 Å². The van der Waals surface area contributed by atoms with Crippen LogP contribution in [0.3, 0.4) is 0 Å². The molecule has 0 saturated carbocycles. The van der Waals surface area contributed by atoms with E-state index < -0.39 is 17.0 Å². The molecule has 1 aliphatic heterocycles. The number of hydrazone groups is 1. The van der Waals surface area contributed by atoms with Crippen LogP contribution in [0.2, 0.25) is 0 Å². The molecule has 0 amide bonds. The lowest BCUT2D eigenvalue weighted by molar-refractivity contribution is 0.275. The summed E-state index contributed by atoms with van der Waals surface area (Å²) in [7, 11) is 0. The van der Waals surface area contributed by atoms with Gasteiger partial charge >= 0.3 is 0 Å². The van der Waals surface area contributed by atoms with Crippen molar-refractivity contribution < 1.29 is 13.9 Å². The van der Waals surface area contributed by atoms with Crippen LogP contribution in [0.4, 0.5) is 14.5 Å². The van der Waals surface area contributed by atoms with Crippen molar-refractivity contribution >= 4 is 11.9 Å². The quantitative estimate of drug-likeness (QED) is 0.917. The molecule has 0 aliphatic carbocycles. The van der Waals surface area contributed by atoms with Crippen molar-refractivity contribution in [3.8, 4) is 0 Å². The first-order valence-electron chi connectivity index (χ1n) is 7.59. The summed E-state index contributed by atoms with van der Waals surface area (Å²) in [6.07, 6.45) is 3.08. The molecule has 0 radical (unpaired) electrons. The first-order chi connectivity index (χ1) is 11.1. The zero-order valence-electron chi connectivity index (χ0n) is 12.6. The third-order valence-corrected chi connectivity index (χ3v) is 4.19. The SMILES string of the molecule is OCCCC1(c2ccccc2)C=NN(c2cc(F)ccc2F)C1. The van der Waals surface area contributed by atoms with E-state index in [1.807, 2.05) is 30.3 Å². The van der Waals surface area contributed by atoms with Crippen molar-refractivity contribution in [1.82, 2.24) is 0 Å². The van der Waals surface area contributed by atoms with E-state index in [2.05, 4.69) is 5.10 Å². The van der Waals surface area contributed by atoms with Crippen LogP contribution in [0, 0.1) is 11.6 Å². The van der Waals surface area contributed by atoms with E-state index in [0.717, 1.165) is 23.8 Å². The molecule has 3 nitrogen and oxygen atoms in total. The molecule has 1 unspecified atom stereocenters. The molecule has 1 heterocycles. The Balaban J connectivity index is 1.93. The fraction of sp³-hybridized carbons (Fsp3) is 0.278. The Hall–Kier alpha value is -2.27. The number of rotatable bonds is 5. The Kier molecular flexibility index (Phi) is 4.39. The molecule has 0 bridgehead atoms. The normalized spacial score (nSPS) is 20.2. The third kappa shape index (κ3) is 3.10. The van der Waals surface area contributed by atoms with E-state index in [4.69, 9.17) is 0 Å². The highest BCUT2D eigenvalue weighted by Gasteiger charge is 2.37. The summed E-state index contributed by atoms with van der Waals surface area (Å²) in [6.45, 7) is 0.494. The number of nitrogens with zero attached hydrogens (tertiary/aromatic N) is 2. The van der Waals surface area contributed by atoms with Gasteiger partial charge in [0, 0.05) is 18.9 Å². The molecule has 2 aromatic carbocycles. The molecule has 5 heteroatoms. The molecule has 0 saturated heterocycles. The Morgan fingerprint density at radius 3 is 2.65 bits per heavy atom. The van der Waals surface area contributed by atoms with Crippen LogP contribution < -0.4 is 5.01 Å². The largest absolute Gasteiger partial charge is 0.396 e. The van der Waals surface area contributed by atoms with Crippen LogP contribution >= 0.6 is 0 Å². The van der Waals surface area contributed by atoms with Crippen molar-refractivity contribution in [3.05, 3.63) is 65.7 Å². The Morgan fingerprint density at radius 1 is 1.13 bits per heavy atom. The maximum absolute atomic E-state index is 14.0. The van der Waals surface area contributed by atoms with Gasteiger partial charge in [0.05, 0.1) is 17.6 Å². The van der Waals surface area contributed by atoms with Crippen LogP contribution in [0.1, 0.15) is 18.4 Å². The zero-order valence-corrected chi connectivity index (χ0v) is 12.6. The van der Waals surface area contributed by atoms with Crippen LogP contribution in [0.5, 0.6) is 0 Å². The molecule has 1 N–H and O–H groups in total. The van der Waals surface area contributed by atoms with Crippen LogP contribution in [-0.2, 0) is 5.41 Å². The molecular formula is C18H18F2N2O. The van der Waals surface area contributed by atoms with E-state index in [-0.39, 0.29) is 12.3 Å². The second kappa shape index (κ2) is 6.46. The second-order valence-corrected chi connectivity index (χ2v) is 5.75. The second-order valence-electron chi connectivity index (χ2n) is 5.75. The van der Waals surface area contributed by atoms with Gasteiger partial charge in [-0.3, -0.25) is 5.01 Å². The van der Waals surface area contributed by atoms with Gasteiger partial charge in [0.25, 0.3) is 0 Å². The number of benzene rings is 2. The average molecular weight is 316 g/mol. The lowest BCUT2D eigenvalue weighted by Gasteiger charge is -2.28. The van der Waals surface area contributed by atoms with Gasteiger partial charge < -0.3 is 5.11 Å². The van der Waals surface area contributed by atoms with E-state index in [1.165, 1.54) is 5.01 Å². The average Bonchev–Trinajstić information content (AvgIpc) is 3.01. The van der Waals surface area contributed by atoms with Gasteiger partial charge in [0.1, 0.15) is 11.6 Å². The Morgan fingerprint density at radius 2 is 1.91 bits per heavy atom. The molecular weight excluding hydrogens is 298 g/mol. The molecule has 3 rings (SSSR count). The maximum Gasteiger partial charge on any atom is 0.148 e. The number of hydrogen-bond donors (Lipinski definition) is 1. The molecule has 23 heavy (non-hydrogen) atoms. The van der Waals surface area contributed by atoms with Gasteiger partial charge in [0.2, 0.25) is 0 Å². The van der Waals surface area contributed by atoms with Gasteiger partial charge in [-0.1, -0.05) is 30.3 Å². The summed E-state index contributed by atoms with van der Waals surface area (Å²) in [5, 5.41) is 15.0. The number of hydrogen-bond acceptors (Lipinski definition) is 3. The van der Waals surface area contributed by atoms with Gasteiger partial charge in [-0.2, -0.15) is 5.10 Å². The minimum atomic E-state index is -0.505. The first kappa shape index (κ1) is 15.6. The Bertz CT molecular complexity index is 705. The summed E-state index contributed by atoms with van der Waals surface area (Å²) in [5.41, 5.74) is 0.766. The van der Waals surface area contributed by atoms with E-state index in [1.54, 1.807) is 6.21 Å². The summed E-state index contributed by atoms with van der Waals surface area (Å²) in [4.78, 5) is 0. The van der Waals surface area contributed by atoms with E-state index in [0.29, 0.717) is 19.4 Å². The molecule has 1 atom stereocenters. The molecule has 0 aromatic heterocycles. The van der Waals surface area contributed by atoms with Gasteiger partial charge in [-0.25, -0.2) is 8.78 Å². The molecule has 120 valence electrons. The minimum absolute atomic E-state index is 0.0801. The summed E-state index contributed by atoms with van der Waals surface area (Å²) in [5.74, 6) is -1.00. The predicted molar refractivity (Wildman–Crippen MR) is 86.6 cm³/mol. The van der Waals surface area contributed by atoms with E-state index >= 15 is 0 Å². The van der Waals surface area contributed by atoms with Crippen molar-refractivity contribution in [2.75, 3.05) is 18.2 Å². The summed E-state index contributed by atoms with van der Waals surface area (Å²) in [6, 6.07) is 13.2. The number of aliphatic hydroxyl groups is 1. The Labute approximate surface area is 133 Å². The monoisotopic (exact) mass is 316 g/mol. The third-order valence-electron chi connectivity index (χ3n) is 4.19. The smallest absolute Gasteiger partial charge is 0.148 e. The van der Waals surface area contributed by atoms with Crippen LogP contribution in [0.15, 0.2) is 53.6 Å². The molecule has 2 aromatic rings. The highest BCUT2D eigenvalue weighted by atomic mass is 19.1. The maximum atomic E-state index is 14.0. The first-order valence-corrected chi connectivity index (χ1v) is 7.59. The standard InChI is InChI=1S/C18H18F2N2O/c19-15-7-8-16(20)17(11-15)22-13-18(12-21-22,9-4-10-23)14-5-2-1-3-6-14/h1-3,5-8,11-12,23H,4,9-10,13H2. The lowest BCUT2D eigenvalue weighted by atomic mass is 9.78. The van der Waals surface area contributed by atoms with Gasteiger partial charge in [0.15, 0.2) is 0 Å². The van der Waals surface area contributed by atoms with Crippen molar-refractivity contribution in [2.24, 2.45) is 5.10 Å². The fourth-order valence-corrected chi connectivity index (χ4v) is 2.98. The molecule has 0 spiro atoms. The zero-order chi connectivity index (χ0) is 16.3. The number of halogens is 2. The van der Waals surface area contributed by atoms with Crippen LogP contribution in [-0.4, -0.2) is 24.5 Å². The van der Waals surface area contributed by atoms with Gasteiger partial charge in [-0.05, 0) is 30.5 Å². The topological polar surface area (TPSA) is 35.8 Å². The number of aliphatic hydroxyl groups excluding tert-OH is 1. The van der Waals surface area contributed by atoms with E-state index in [9.17, 15) is 13.9 Å². The van der Waals surface area contributed by atoms with Crippen molar-refractivity contribution in [3.63, 3.8) is 0 Å². The molecule has 1 aliphatic rings. The summed E-state index contributed by atoms with van der Waals surface area (Å²) < 4.78 is 27.4. The summed E-state index contributed by atoms with van der Waals surface area (Å²) >= 11 is 0. The van der Waals surface area contributed by atoms with Crippen molar-refractivity contribution in [1.29, 1.82) is 0 Å². The number of anilines is 1. The minimum Gasteiger partial charge on any atom is -0.396 e. The highest BCUT2D eigenvalue weighted by Crippen LogP contribution is 2.35. The predicted octanol–water partition coefficient (Wildman–Crippen LogP) is 3.48. The highest BCUT2D eigenvalue weighted by molar-refractivity contribution is 5.79. The van der Waals surface area contributed by atoms with Crippen LogP contribution in [0.25, 0.3) is 0 Å². The lowest BCUT2D eigenvalue weighted by Crippen LogP contribution is -2.34.